The molecule has 2 atom stereocenters. The van der Waals surface area contributed by atoms with Crippen LogP contribution in [-0.4, -0.2) is 49.8 Å². The molecule has 1 aliphatic carbocycles. The Bertz CT molecular complexity index is 716. The highest BCUT2D eigenvalue weighted by molar-refractivity contribution is 5.84. The summed E-state index contributed by atoms with van der Waals surface area (Å²) in [6.45, 7) is 2.56. The zero-order chi connectivity index (χ0) is 17.1. The van der Waals surface area contributed by atoms with Crippen molar-refractivity contribution in [3.8, 4) is 0 Å². The molecule has 3 rings (SSSR count). The molecule has 2 N–H and O–H groups in total. The van der Waals surface area contributed by atoms with Crippen LogP contribution in [0.5, 0.6) is 0 Å². The van der Waals surface area contributed by atoms with Crippen LogP contribution < -0.4 is 5.32 Å². The van der Waals surface area contributed by atoms with Gasteiger partial charge in [0.25, 0.3) is 0 Å². The Balaban J connectivity index is 0.00000225. The van der Waals surface area contributed by atoms with E-state index in [0.29, 0.717) is 18.4 Å². The Kier molecular flexibility index (Phi) is 6.42. The van der Waals surface area contributed by atoms with Crippen molar-refractivity contribution in [3.05, 3.63) is 35.8 Å². The summed E-state index contributed by atoms with van der Waals surface area (Å²) in [5, 5.41) is 3.69. The Morgan fingerprint density at radius 1 is 1.48 bits per heavy atom. The number of methoxy groups -OCH3 is 1. The SMILES string of the molecule is C.COC(=O)NCCCN(C)CC1CC1c1c[nH]c2ccc(F)cc12. The van der Waals surface area contributed by atoms with E-state index in [1.807, 2.05) is 6.20 Å². The summed E-state index contributed by atoms with van der Waals surface area (Å²) < 4.78 is 18.0. The molecule has 2 unspecified atom stereocenters. The number of benzene rings is 1. The number of amides is 1. The van der Waals surface area contributed by atoms with E-state index in [9.17, 15) is 9.18 Å². The fourth-order valence-electron chi connectivity index (χ4n) is 3.35. The fourth-order valence-corrected chi connectivity index (χ4v) is 3.35. The Morgan fingerprint density at radius 2 is 2.28 bits per heavy atom. The number of aromatic amines is 1. The van der Waals surface area contributed by atoms with Crippen LogP contribution in [0.15, 0.2) is 24.4 Å². The van der Waals surface area contributed by atoms with Gasteiger partial charge in [-0.15, -0.1) is 0 Å². The van der Waals surface area contributed by atoms with E-state index in [2.05, 4.69) is 27.0 Å². The zero-order valence-electron chi connectivity index (χ0n) is 14.1. The third-order valence-corrected chi connectivity index (χ3v) is 4.72. The van der Waals surface area contributed by atoms with Gasteiger partial charge in [0.1, 0.15) is 5.82 Å². The highest BCUT2D eigenvalue weighted by Gasteiger charge is 2.40. The van der Waals surface area contributed by atoms with Gasteiger partial charge in [0.15, 0.2) is 0 Å². The van der Waals surface area contributed by atoms with E-state index >= 15 is 0 Å². The van der Waals surface area contributed by atoms with Gasteiger partial charge >= 0.3 is 6.09 Å². The number of ether oxygens (including phenoxy) is 1. The van der Waals surface area contributed by atoms with Crippen molar-refractivity contribution in [1.82, 2.24) is 15.2 Å². The summed E-state index contributed by atoms with van der Waals surface area (Å²) in [6, 6.07) is 4.91. The van der Waals surface area contributed by atoms with Crippen LogP contribution >= 0.6 is 0 Å². The van der Waals surface area contributed by atoms with Crippen molar-refractivity contribution in [1.29, 1.82) is 0 Å². The number of halogens is 1. The quantitative estimate of drug-likeness (QED) is 0.749. The topological polar surface area (TPSA) is 57.4 Å². The van der Waals surface area contributed by atoms with Crippen LogP contribution in [-0.2, 0) is 4.74 Å². The maximum atomic E-state index is 13.5. The lowest BCUT2D eigenvalue weighted by atomic mass is 10.1. The molecule has 0 aliphatic heterocycles. The summed E-state index contributed by atoms with van der Waals surface area (Å²) in [4.78, 5) is 16.5. The molecule has 1 aliphatic rings. The lowest BCUT2D eigenvalue weighted by Crippen LogP contribution is -2.29. The minimum atomic E-state index is -0.383. The first-order valence-corrected chi connectivity index (χ1v) is 8.35. The summed E-state index contributed by atoms with van der Waals surface area (Å²) in [5.74, 6) is 0.942. The standard InChI is InChI=1S/C18H24FN3O2.CH4/c1-22(7-3-6-20-18(23)24-2)11-12-8-14(12)16-10-21-17-5-4-13(19)9-15(16)17;/h4-5,9-10,12,14,21H,3,6-8,11H2,1-2H3,(H,20,23);1H4. The Labute approximate surface area is 148 Å². The third kappa shape index (κ3) is 4.72. The predicted octanol–water partition coefficient (Wildman–Crippen LogP) is 3.72. The molecule has 138 valence electrons. The first-order valence-electron chi connectivity index (χ1n) is 8.35. The van der Waals surface area contributed by atoms with Crippen molar-refractivity contribution >= 4 is 17.0 Å². The van der Waals surface area contributed by atoms with Gasteiger partial charge < -0.3 is 19.9 Å². The minimum absolute atomic E-state index is 0. The summed E-state index contributed by atoms with van der Waals surface area (Å²) in [6.07, 6.45) is 3.68. The number of nitrogens with one attached hydrogen (secondary N) is 2. The molecule has 1 amide bonds. The smallest absolute Gasteiger partial charge is 0.406 e. The van der Waals surface area contributed by atoms with Crippen LogP contribution in [0, 0.1) is 11.7 Å². The number of rotatable bonds is 7. The molecule has 6 heteroatoms. The highest BCUT2D eigenvalue weighted by atomic mass is 19.1. The van der Waals surface area contributed by atoms with E-state index in [4.69, 9.17) is 0 Å². The van der Waals surface area contributed by atoms with Crippen LogP contribution in [0.2, 0.25) is 0 Å². The van der Waals surface area contributed by atoms with Gasteiger partial charge in [-0.05, 0) is 62.0 Å². The molecule has 2 aromatic rings. The predicted molar refractivity (Wildman–Crippen MR) is 98.4 cm³/mol. The van der Waals surface area contributed by atoms with E-state index in [1.165, 1.54) is 18.7 Å². The zero-order valence-corrected chi connectivity index (χ0v) is 14.1. The third-order valence-electron chi connectivity index (χ3n) is 4.72. The van der Waals surface area contributed by atoms with Crippen molar-refractivity contribution in [2.45, 2.75) is 26.2 Å². The average molecular weight is 349 g/mol. The lowest BCUT2D eigenvalue weighted by molar-refractivity contribution is 0.170. The van der Waals surface area contributed by atoms with Gasteiger partial charge in [-0.25, -0.2) is 9.18 Å². The number of nitrogens with zero attached hydrogens (tertiary/aromatic N) is 1. The minimum Gasteiger partial charge on any atom is -0.453 e. The normalized spacial score (nSPS) is 18.9. The molecular formula is C19H28FN3O2. The molecule has 0 spiro atoms. The molecule has 0 bridgehead atoms. The number of H-pyrrole nitrogens is 1. The van der Waals surface area contributed by atoms with Crippen molar-refractivity contribution in [2.75, 3.05) is 33.8 Å². The average Bonchev–Trinajstić information content (AvgIpc) is 3.19. The lowest BCUT2D eigenvalue weighted by Gasteiger charge is -2.16. The molecule has 1 saturated carbocycles. The summed E-state index contributed by atoms with van der Waals surface area (Å²) >= 11 is 0. The number of carbonyl (C=O) groups excluding carboxylic acids is 1. The van der Waals surface area contributed by atoms with Crippen molar-refractivity contribution in [2.24, 2.45) is 5.92 Å². The number of hydrogen-bond acceptors (Lipinski definition) is 3. The molecule has 25 heavy (non-hydrogen) atoms. The van der Waals surface area contributed by atoms with Crippen LogP contribution in [0.25, 0.3) is 10.9 Å². The van der Waals surface area contributed by atoms with Crippen LogP contribution in [0.1, 0.15) is 31.7 Å². The second-order valence-electron chi connectivity index (χ2n) is 6.57. The van der Waals surface area contributed by atoms with Gasteiger partial charge in [0, 0.05) is 30.2 Å². The molecule has 1 heterocycles. The van der Waals surface area contributed by atoms with Gasteiger partial charge in [-0.1, -0.05) is 7.43 Å². The highest BCUT2D eigenvalue weighted by Crippen LogP contribution is 2.49. The van der Waals surface area contributed by atoms with E-state index < -0.39 is 0 Å². The maximum Gasteiger partial charge on any atom is 0.406 e. The van der Waals surface area contributed by atoms with Gasteiger partial charge in [-0.3, -0.25) is 0 Å². The maximum absolute atomic E-state index is 13.5. The monoisotopic (exact) mass is 349 g/mol. The number of hydrogen-bond donors (Lipinski definition) is 2. The summed E-state index contributed by atoms with van der Waals surface area (Å²) in [7, 11) is 3.47. The molecule has 1 fully saturated rings. The second kappa shape index (κ2) is 8.34. The first-order chi connectivity index (χ1) is 11.6. The largest absolute Gasteiger partial charge is 0.453 e. The van der Waals surface area contributed by atoms with Crippen LogP contribution in [0.3, 0.4) is 0 Å². The molecule has 1 aromatic heterocycles. The fraction of sp³-hybridized carbons (Fsp3) is 0.526. The Hall–Kier alpha value is -2.08. The van der Waals surface area contributed by atoms with Gasteiger partial charge in [-0.2, -0.15) is 0 Å². The van der Waals surface area contributed by atoms with Crippen molar-refractivity contribution < 1.29 is 13.9 Å². The summed E-state index contributed by atoms with van der Waals surface area (Å²) in [5.41, 5.74) is 2.23. The number of alkyl carbamates (subject to hydrolysis) is 1. The van der Waals surface area contributed by atoms with Crippen molar-refractivity contribution in [3.63, 3.8) is 0 Å². The first kappa shape index (κ1) is 19.2. The Morgan fingerprint density at radius 3 is 3.04 bits per heavy atom. The van der Waals surface area contributed by atoms with E-state index in [0.717, 1.165) is 36.8 Å². The van der Waals surface area contributed by atoms with Gasteiger partial charge in [0.05, 0.1) is 7.11 Å². The molecule has 1 aromatic carbocycles. The number of fused-ring (bicyclic) bond motifs is 1. The van der Waals surface area contributed by atoms with Gasteiger partial charge in [0.2, 0.25) is 0 Å². The van der Waals surface area contributed by atoms with E-state index in [1.54, 1.807) is 12.1 Å². The second-order valence-corrected chi connectivity index (χ2v) is 6.57. The number of aromatic nitrogens is 1. The molecule has 0 radical (unpaired) electrons. The molecular weight excluding hydrogens is 321 g/mol. The van der Waals surface area contributed by atoms with Crippen LogP contribution in [0.4, 0.5) is 9.18 Å². The molecule has 5 nitrogen and oxygen atoms in total. The molecule has 0 saturated heterocycles. The number of carbonyl (C=O) groups is 1. The van der Waals surface area contributed by atoms with E-state index in [-0.39, 0.29) is 19.3 Å².